The lowest BCUT2D eigenvalue weighted by atomic mass is 9.84. The van der Waals surface area contributed by atoms with E-state index in [9.17, 15) is 9.59 Å². The zero-order chi connectivity index (χ0) is 19.0. The van der Waals surface area contributed by atoms with E-state index < -0.39 is 0 Å². The van der Waals surface area contributed by atoms with Crippen LogP contribution >= 0.6 is 0 Å². The Kier molecular flexibility index (Phi) is 4.94. The van der Waals surface area contributed by atoms with Gasteiger partial charge in [0.2, 0.25) is 0 Å². The molecule has 144 valence electrons. The molecule has 2 saturated carbocycles. The molecular formula is C22H28N2O3. The molecule has 2 fully saturated rings. The third kappa shape index (κ3) is 3.73. The SMILES string of the molecule is C[C@@H](NC(=O)COC(=O)Cc1cn(C)c2ccccc12)[C@@H]1C[C@H]2CC[C@H]1C2. The van der Waals surface area contributed by atoms with Gasteiger partial charge in [-0.1, -0.05) is 24.6 Å². The molecule has 0 unspecified atom stereocenters. The highest BCUT2D eigenvalue weighted by Crippen LogP contribution is 2.49. The molecule has 1 N–H and O–H groups in total. The van der Waals surface area contributed by atoms with Gasteiger partial charge in [0.25, 0.3) is 5.91 Å². The van der Waals surface area contributed by atoms with E-state index in [1.165, 1.54) is 25.7 Å². The second-order valence-electron chi connectivity index (χ2n) is 8.31. The first-order valence-electron chi connectivity index (χ1n) is 9.99. The van der Waals surface area contributed by atoms with Gasteiger partial charge in [0.1, 0.15) is 0 Å². The average Bonchev–Trinajstić information content (AvgIpc) is 3.36. The molecule has 1 amide bonds. The third-order valence-electron chi connectivity index (χ3n) is 6.50. The topological polar surface area (TPSA) is 60.3 Å². The van der Waals surface area contributed by atoms with Gasteiger partial charge in [-0.2, -0.15) is 0 Å². The highest BCUT2D eigenvalue weighted by molar-refractivity contribution is 5.88. The maximum Gasteiger partial charge on any atom is 0.310 e. The number of aryl methyl sites for hydroxylation is 1. The zero-order valence-corrected chi connectivity index (χ0v) is 16.1. The van der Waals surface area contributed by atoms with Crippen molar-refractivity contribution in [1.82, 2.24) is 9.88 Å². The second-order valence-corrected chi connectivity index (χ2v) is 8.31. The van der Waals surface area contributed by atoms with Crippen LogP contribution in [0.1, 0.15) is 38.2 Å². The largest absolute Gasteiger partial charge is 0.455 e. The fourth-order valence-corrected chi connectivity index (χ4v) is 5.23. The van der Waals surface area contributed by atoms with Crippen LogP contribution in [-0.4, -0.2) is 29.1 Å². The molecule has 1 aromatic heterocycles. The van der Waals surface area contributed by atoms with Crippen LogP contribution in [0.4, 0.5) is 0 Å². The summed E-state index contributed by atoms with van der Waals surface area (Å²) in [4.78, 5) is 24.4. The molecule has 5 nitrogen and oxygen atoms in total. The van der Waals surface area contributed by atoms with Gasteiger partial charge in [0, 0.05) is 30.2 Å². The molecule has 4 atom stereocenters. The number of esters is 1. The number of carbonyl (C=O) groups excluding carboxylic acids is 2. The van der Waals surface area contributed by atoms with Crippen molar-refractivity contribution < 1.29 is 14.3 Å². The quantitative estimate of drug-likeness (QED) is 0.797. The number of aromatic nitrogens is 1. The number of hydrogen-bond donors (Lipinski definition) is 1. The smallest absolute Gasteiger partial charge is 0.310 e. The molecule has 2 aliphatic carbocycles. The van der Waals surface area contributed by atoms with E-state index in [0.717, 1.165) is 28.3 Å². The van der Waals surface area contributed by atoms with Crippen LogP contribution in [-0.2, 0) is 27.8 Å². The Labute approximate surface area is 160 Å². The number of benzene rings is 1. The van der Waals surface area contributed by atoms with Crippen LogP contribution in [0.5, 0.6) is 0 Å². The summed E-state index contributed by atoms with van der Waals surface area (Å²) >= 11 is 0. The number of para-hydroxylation sites is 1. The Balaban J connectivity index is 1.27. The number of ether oxygens (including phenoxy) is 1. The number of rotatable bonds is 6. The monoisotopic (exact) mass is 368 g/mol. The molecule has 2 aromatic rings. The maximum atomic E-state index is 12.2. The molecule has 0 aliphatic heterocycles. The van der Waals surface area contributed by atoms with Crippen molar-refractivity contribution >= 4 is 22.8 Å². The van der Waals surface area contributed by atoms with E-state index >= 15 is 0 Å². The van der Waals surface area contributed by atoms with E-state index in [-0.39, 0.29) is 30.9 Å². The summed E-state index contributed by atoms with van der Waals surface area (Å²) in [6.45, 7) is 1.88. The lowest BCUT2D eigenvalue weighted by Gasteiger charge is -2.28. The summed E-state index contributed by atoms with van der Waals surface area (Å²) in [6, 6.07) is 8.12. The molecule has 4 rings (SSSR count). The Hall–Kier alpha value is -2.30. The van der Waals surface area contributed by atoms with Crippen LogP contribution in [0, 0.1) is 17.8 Å². The van der Waals surface area contributed by atoms with Crippen molar-refractivity contribution in [3.05, 3.63) is 36.0 Å². The molecule has 27 heavy (non-hydrogen) atoms. The van der Waals surface area contributed by atoms with Gasteiger partial charge in [0.15, 0.2) is 6.61 Å². The van der Waals surface area contributed by atoms with Crippen molar-refractivity contribution in [3.63, 3.8) is 0 Å². The van der Waals surface area contributed by atoms with Crippen molar-refractivity contribution in [3.8, 4) is 0 Å². The van der Waals surface area contributed by atoms with Crippen LogP contribution < -0.4 is 5.32 Å². The average molecular weight is 368 g/mol. The highest BCUT2D eigenvalue weighted by atomic mass is 16.5. The van der Waals surface area contributed by atoms with Gasteiger partial charge >= 0.3 is 5.97 Å². The van der Waals surface area contributed by atoms with E-state index in [0.29, 0.717) is 5.92 Å². The number of hydrogen-bond acceptors (Lipinski definition) is 3. The van der Waals surface area contributed by atoms with E-state index in [1.54, 1.807) is 0 Å². The van der Waals surface area contributed by atoms with E-state index in [2.05, 4.69) is 12.2 Å². The predicted octanol–water partition coefficient (Wildman–Crippen LogP) is 3.20. The van der Waals surface area contributed by atoms with Crippen molar-refractivity contribution in [1.29, 1.82) is 0 Å². The number of nitrogens with zero attached hydrogens (tertiary/aromatic N) is 1. The number of fused-ring (bicyclic) bond motifs is 3. The standard InChI is InChI=1S/C22H28N2O3/c1-14(19-10-15-7-8-16(19)9-15)23-21(25)13-27-22(26)11-17-12-24(2)20-6-4-3-5-18(17)20/h3-6,12,14-16,19H,7-11,13H2,1-2H3,(H,23,25)/t14-,15+,16+,19+/m1/s1. The number of nitrogens with one attached hydrogen (secondary N) is 1. The number of amides is 1. The van der Waals surface area contributed by atoms with Crippen LogP contribution in [0.15, 0.2) is 30.5 Å². The summed E-state index contributed by atoms with van der Waals surface area (Å²) in [5.74, 6) is 1.64. The molecule has 0 saturated heterocycles. The highest BCUT2D eigenvalue weighted by Gasteiger charge is 2.42. The van der Waals surface area contributed by atoms with Gasteiger partial charge in [-0.05, 0) is 55.6 Å². The van der Waals surface area contributed by atoms with Crippen molar-refractivity contribution in [2.45, 2.75) is 45.1 Å². The van der Waals surface area contributed by atoms with Gasteiger partial charge in [0.05, 0.1) is 6.42 Å². The van der Waals surface area contributed by atoms with Crippen molar-refractivity contribution in [2.24, 2.45) is 24.8 Å². The van der Waals surface area contributed by atoms with Gasteiger partial charge < -0.3 is 14.6 Å². The minimum atomic E-state index is -0.367. The molecule has 1 aromatic carbocycles. The van der Waals surface area contributed by atoms with Gasteiger partial charge in [-0.25, -0.2) is 0 Å². The minimum absolute atomic E-state index is 0.157. The Morgan fingerprint density at radius 3 is 2.81 bits per heavy atom. The van der Waals surface area contributed by atoms with Gasteiger partial charge in [-0.3, -0.25) is 9.59 Å². The van der Waals surface area contributed by atoms with E-state index in [4.69, 9.17) is 4.74 Å². The normalized spacial score (nSPS) is 24.9. The molecule has 0 spiro atoms. The lowest BCUT2D eigenvalue weighted by Crippen LogP contribution is -2.42. The van der Waals surface area contributed by atoms with Crippen LogP contribution in [0.3, 0.4) is 0 Å². The summed E-state index contributed by atoms with van der Waals surface area (Å²) in [5.41, 5.74) is 2.01. The second kappa shape index (κ2) is 7.37. The fourth-order valence-electron chi connectivity index (χ4n) is 5.23. The van der Waals surface area contributed by atoms with Crippen LogP contribution in [0.2, 0.25) is 0 Å². The molecule has 5 heteroatoms. The van der Waals surface area contributed by atoms with Crippen LogP contribution in [0.25, 0.3) is 10.9 Å². The molecule has 2 bridgehead atoms. The molecule has 1 heterocycles. The Morgan fingerprint density at radius 1 is 1.26 bits per heavy atom. The molecular weight excluding hydrogens is 340 g/mol. The third-order valence-corrected chi connectivity index (χ3v) is 6.50. The van der Waals surface area contributed by atoms with Crippen molar-refractivity contribution in [2.75, 3.05) is 6.61 Å². The maximum absolute atomic E-state index is 12.2. The zero-order valence-electron chi connectivity index (χ0n) is 16.1. The first kappa shape index (κ1) is 18.1. The Bertz CT molecular complexity index is 856. The van der Waals surface area contributed by atoms with Gasteiger partial charge in [-0.15, -0.1) is 0 Å². The first-order valence-corrected chi connectivity index (χ1v) is 9.99. The summed E-state index contributed by atoms with van der Waals surface area (Å²) in [6.07, 6.45) is 7.33. The first-order chi connectivity index (χ1) is 13.0. The fraction of sp³-hybridized carbons (Fsp3) is 0.545. The molecule has 2 aliphatic rings. The summed E-state index contributed by atoms with van der Waals surface area (Å²) in [5, 5.41) is 4.09. The minimum Gasteiger partial charge on any atom is -0.455 e. The predicted molar refractivity (Wildman–Crippen MR) is 104 cm³/mol. The lowest BCUT2D eigenvalue weighted by molar-refractivity contribution is -0.148. The van der Waals surface area contributed by atoms with E-state index in [1.807, 2.05) is 42.1 Å². The number of carbonyl (C=O) groups is 2. The summed E-state index contributed by atoms with van der Waals surface area (Å²) in [7, 11) is 1.96. The summed E-state index contributed by atoms with van der Waals surface area (Å²) < 4.78 is 7.23. The molecule has 0 radical (unpaired) electrons. The Morgan fingerprint density at radius 2 is 2.07 bits per heavy atom.